The van der Waals surface area contributed by atoms with Gasteiger partial charge in [0.05, 0.1) is 19.9 Å². The Morgan fingerprint density at radius 1 is 1.07 bits per heavy atom. The highest BCUT2D eigenvalue weighted by Gasteiger charge is 2.30. The van der Waals surface area contributed by atoms with Crippen molar-refractivity contribution in [1.29, 1.82) is 0 Å². The number of hydrogen-bond acceptors (Lipinski definition) is 5. The number of amides is 1. The highest BCUT2D eigenvalue weighted by molar-refractivity contribution is 7.88. The van der Waals surface area contributed by atoms with Crippen LogP contribution in [0.5, 0.6) is 11.5 Å². The maximum Gasteiger partial charge on any atom is 0.345 e. The molecule has 1 aliphatic rings. The molecule has 3 rings (SSSR count). The van der Waals surface area contributed by atoms with Gasteiger partial charge in [-0.25, -0.2) is 4.31 Å². The van der Waals surface area contributed by atoms with Crippen LogP contribution < -0.4 is 14.8 Å². The number of rotatable bonds is 6. The molecular weight excluding hydrogens is 394 g/mol. The number of methoxy groups -OCH3 is 2. The summed E-state index contributed by atoms with van der Waals surface area (Å²) in [6, 6.07) is 14.0. The summed E-state index contributed by atoms with van der Waals surface area (Å²) in [6.07, 6.45) is 1.44. The SMILES string of the molecule is COc1ccc(CNC(=O)C2=CC(c3cccc(OC)c3)=NS(=O)(=O)N2C)cc1. The zero-order valence-corrected chi connectivity index (χ0v) is 17.1. The highest BCUT2D eigenvalue weighted by atomic mass is 32.2. The third-order valence-corrected chi connectivity index (χ3v) is 5.70. The fraction of sp³-hybridized carbons (Fsp3) is 0.200. The van der Waals surface area contributed by atoms with Crippen LogP contribution in [-0.2, 0) is 21.5 Å². The molecule has 1 heterocycles. The molecule has 0 saturated heterocycles. The number of likely N-dealkylation sites (N-methyl/N-ethyl adjacent to an activating group) is 1. The van der Waals surface area contributed by atoms with Crippen LogP contribution in [0.4, 0.5) is 0 Å². The van der Waals surface area contributed by atoms with E-state index in [1.807, 2.05) is 12.1 Å². The van der Waals surface area contributed by atoms with E-state index in [0.29, 0.717) is 17.1 Å². The van der Waals surface area contributed by atoms with Gasteiger partial charge in [-0.3, -0.25) is 4.79 Å². The maximum atomic E-state index is 12.7. The first-order valence-corrected chi connectivity index (χ1v) is 10.1. The molecule has 0 spiro atoms. The summed E-state index contributed by atoms with van der Waals surface area (Å²) in [5.41, 5.74) is 1.52. The third-order valence-electron chi connectivity index (χ3n) is 4.38. The first-order chi connectivity index (χ1) is 13.8. The summed E-state index contributed by atoms with van der Waals surface area (Å²) in [4.78, 5) is 12.7. The number of carbonyl (C=O) groups excluding carboxylic acids is 1. The molecular formula is C20H21N3O5S. The molecule has 2 aromatic carbocycles. The predicted octanol–water partition coefficient (Wildman–Crippen LogP) is 1.88. The molecule has 1 amide bonds. The van der Waals surface area contributed by atoms with Gasteiger partial charge >= 0.3 is 10.2 Å². The molecule has 0 radical (unpaired) electrons. The van der Waals surface area contributed by atoms with Crippen molar-refractivity contribution in [3.05, 3.63) is 71.4 Å². The molecule has 2 aromatic rings. The lowest BCUT2D eigenvalue weighted by atomic mass is 10.1. The Hall–Kier alpha value is -3.33. The number of benzene rings is 2. The fourth-order valence-corrected chi connectivity index (χ4v) is 3.61. The van der Waals surface area contributed by atoms with Gasteiger partial charge in [0.25, 0.3) is 5.91 Å². The van der Waals surface area contributed by atoms with E-state index in [4.69, 9.17) is 9.47 Å². The summed E-state index contributed by atoms with van der Waals surface area (Å²) in [5, 5.41) is 2.74. The number of nitrogens with zero attached hydrogens (tertiary/aromatic N) is 2. The first kappa shape index (κ1) is 20.4. The molecule has 0 fully saturated rings. The van der Waals surface area contributed by atoms with Crippen molar-refractivity contribution in [1.82, 2.24) is 9.62 Å². The van der Waals surface area contributed by atoms with Gasteiger partial charge in [0.15, 0.2) is 0 Å². The zero-order valence-electron chi connectivity index (χ0n) is 16.2. The van der Waals surface area contributed by atoms with Gasteiger partial charge in [0.1, 0.15) is 17.2 Å². The Labute approximate surface area is 169 Å². The van der Waals surface area contributed by atoms with E-state index < -0.39 is 16.1 Å². The molecule has 9 heteroatoms. The van der Waals surface area contributed by atoms with Gasteiger partial charge in [0, 0.05) is 19.2 Å². The van der Waals surface area contributed by atoms with Crippen LogP contribution in [0.15, 0.2) is 64.7 Å². The molecule has 0 aliphatic carbocycles. The molecule has 1 N–H and O–H groups in total. The molecule has 0 unspecified atom stereocenters. The van der Waals surface area contributed by atoms with E-state index in [0.717, 1.165) is 9.87 Å². The van der Waals surface area contributed by atoms with Crippen molar-refractivity contribution >= 4 is 21.8 Å². The van der Waals surface area contributed by atoms with E-state index in [2.05, 4.69) is 9.71 Å². The second-order valence-corrected chi connectivity index (χ2v) is 7.84. The first-order valence-electron chi connectivity index (χ1n) is 8.70. The monoisotopic (exact) mass is 415 g/mol. The van der Waals surface area contributed by atoms with Crippen molar-refractivity contribution in [3.8, 4) is 11.5 Å². The van der Waals surface area contributed by atoms with Crippen molar-refractivity contribution < 1.29 is 22.7 Å². The van der Waals surface area contributed by atoms with Gasteiger partial charge in [-0.1, -0.05) is 24.3 Å². The van der Waals surface area contributed by atoms with Gasteiger partial charge in [-0.15, -0.1) is 4.40 Å². The molecule has 0 atom stereocenters. The number of nitrogens with one attached hydrogen (secondary N) is 1. The van der Waals surface area contributed by atoms with E-state index in [1.165, 1.54) is 20.2 Å². The second kappa shape index (κ2) is 8.36. The molecule has 8 nitrogen and oxygen atoms in total. The molecule has 29 heavy (non-hydrogen) atoms. The lowest BCUT2D eigenvalue weighted by molar-refractivity contribution is -0.118. The summed E-state index contributed by atoms with van der Waals surface area (Å²) in [7, 11) is 0.350. The molecule has 0 saturated carbocycles. The number of carbonyl (C=O) groups is 1. The minimum Gasteiger partial charge on any atom is -0.497 e. The second-order valence-electron chi connectivity index (χ2n) is 6.21. The molecule has 0 bridgehead atoms. The van der Waals surface area contributed by atoms with Crippen LogP contribution in [0.3, 0.4) is 0 Å². The number of hydrogen-bond donors (Lipinski definition) is 1. The smallest absolute Gasteiger partial charge is 0.345 e. The predicted molar refractivity (Wildman–Crippen MR) is 109 cm³/mol. The van der Waals surface area contributed by atoms with Crippen molar-refractivity contribution in [2.45, 2.75) is 6.54 Å². The van der Waals surface area contributed by atoms with Crippen LogP contribution in [0.25, 0.3) is 0 Å². The van der Waals surface area contributed by atoms with Crippen molar-refractivity contribution in [3.63, 3.8) is 0 Å². The van der Waals surface area contributed by atoms with E-state index in [1.54, 1.807) is 43.5 Å². The van der Waals surface area contributed by atoms with Gasteiger partial charge in [-0.05, 0) is 35.9 Å². The number of ether oxygens (including phenoxy) is 2. The minimum absolute atomic E-state index is 0.0219. The standard InChI is InChI=1S/C20H21N3O5S/c1-23-19(20(24)21-13-14-7-9-16(27-2)10-8-14)12-18(22-29(23,25)26)15-5-4-6-17(11-15)28-3/h4-12H,13H2,1-3H3,(H,21,24). The minimum atomic E-state index is -4.03. The quantitative estimate of drug-likeness (QED) is 0.777. The lowest BCUT2D eigenvalue weighted by Crippen LogP contribution is -2.38. The van der Waals surface area contributed by atoms with Crippen LogP contribution in [-0.4, -0.2) is 45.6 Å². The largest absolute Gasteiger partial charge is 0.497 e. The van der Waals surface area contributed by atoms with E-state index in [9.17, 15) is 13.2 Å². The lowest BCUT2D eigenvalue weighted by Gasteiger charge is -2.23. The third kappa shape index (κ3) is 4.57. The van der Waals surface area contributed by atoms with Gasteiger partial charge in [0.2, 0.25) is 0 Å². The van der Waals surface area contributed by atoms with Crippen LogP contribution in [0.2, 0.25) is 0 Å². The van der Waals surface area contributed by atoms with Crippen molar-refractivity contribution in [2.24, 2.45) is 4.40 Å². The summed E-state index contributed by atoms with van der Waals surface area (Å²) in [6.45, 7) is 0.236. The molecule has 0 aromatic heterocycles. The Kier molecular flexibility index (Phi) is 5.88. The Morgan fingerprint density at radius 3 is 2.41 bits per heavy atom. The van der Waals surface area contributed by atoms with Crippen molar-refractivity contribution in [2.75, 3.05) is 21.3 Å². The van der Waals surface area contributed by atoms with Crippen LogP contribution in [0, 0.1) is 0 Å². The summed E-state index contributed by atoms with van der Waals surface area (Å²) in [5.74, 6) is 0.739. The summed E-state index contributed by atoms with van der Waals surface area (Å²) >= 11 is 0. The van der Waals surface area contributed by atoms with Crippen LogP contribution >= 0.6 is 0 Å². The van der Waals surface area contributed by atoms with E-state index >= 15 is 0 Å². The topological polar surface area (TPSA) is 97.3 Å². The fourth-order valence-electron chi connectivity index (χ4n) is 2.70. The summed E-state index contributed by atoms with van der Waals surface area (Å²) < 4.78 is 39.8. The highest BCUT2D eigenvalue weighted by Crippen LogP contribution is 2.22. The average molecular weight is 415 g/mol. The number of allylic oxidation sites excluding steroid dienone is 1. The zero-order chi connectivity index (χ0) is 21.0. The Balaban J connectivity index is 1.84. The van der Waals surface area contributed by atoms with Gasteiger partial charge in [-0.2, -0.15) is 8.42 Å². The normalized spacial score (nSPS) is 15.2. The molecule has 152 valence electrons. The average Bonchev–Trinajstić information content (AvgIpc) is 2.74. The Bertz CT molecular complexity index is 1080. The van der Waals surface area contributed by atoms with Gasteiger partial charge < -0.3 is 14.8 Å². The van der Waals surface area contributed by atoms with Crippen LogP contribution in [0.1, 0.15) is 11.1 Å². The maximum absolute atomic E-state index is 12.7. The Morgan fingerprint density at radius 2 is 1.76 bits per heavy atom. The molecule has 1 aliphatic heterocycles. The van der Waals surface area contributed by atoms with E-state index in [-0.39, 0.29) is 18.0 Å².